The minimum atomic E-state index is -1.21. The fraction of sp³-hybridized carbons (Fsp3) is 0.479. The van der Waals surface area contributed by atoms with Crippen molar-refractivity contribution < 1.29 is 52.5 Å². The van der Waals surface area contributed by atoms with E-state index in [9.17, 15) is 33.6 Å². The minimum Gasteiger partial charge on any atom is -0.379 e. The Labute approximate surface area is 417 Å². The lowest BCUT2D eigenvalue weighted by Gasteiger charge is -2.26. The monoisotopic (exact) mass is 1000 g/mol. The van der Waals surface area contributed by atoms with Gasteiger partial charge in [0.2, 0.25) is 41.4 Å². The van der Waals surface area contributed by atoms with Crippen molar-refractivity contribution in [3.05, 3.63) is 90.1 Å². The third-order valence-electron chi connectivity index (χ3n) is 10.7. The maximum atomic E-state index is 14.4. The Morgan fingerprint density at radius 3 is 1.86 bits per heavy atom. The highest BCUT2D eigenvalue weighted by atomic mass is 16.5. The number of carbonyl (C=O) groups is 7. The number of fused-ring (bicyclic) bond motifs is 1. The zero-order valence-electron chi connectivity index (χ0n) is 40.6. The number of ether oxygens (including phenoxy) is 4. The molecular weight excluding hydrogens is 935 g/mol. The number of nitrogens with two attached hydrogens (primary N) is 3. The van der Waals surface area contributed by atoms with Crippen LogP contribution in [-0.2, 0) is 71.8 Å². The standard InChI is InChI=1S/C48H69N13O11/c1-32(62)58-41(26-35-28-52-31-57-35)47(68)60-39(24-33-10-3-2-4-11-33)46(67)59-38(14-7-15-55-48(50)51)45(66)61-40(25-34-27-56-37-13-6-5-12-36(34)37)44(65)54-17-9-19-70-21-23-71-22-20-69-18-8-16-53-43(64)30-72-29-42(49)63/h2-6,10-13,27-28,31,38-41,56H,7-9,14-26,29-30H2,1H3,(H2,49,63)(H,52,57)(H,53,64)(H,54,65)(H,58,62)(H,59,67)(H,60,68)(H,61,66)(H4,50,51,55)/t38-,39+,40-,41-/m0/s1. The summed E-state index contributed by atoms with van der Waals surface area (Å²) in [4.78, 5) is 105. The number of imidazole rings is 1. The number of nitrogens with one attached hydrogen (secondary N) is 8. The second kappa shape index (κ2) is 32.5. The maximum absolute atomic E-state index is 14.4. The molecule has 7 amide bonds. The molecular formula is C48H69N13O11. The van der Waals surface area contributed by atoms with E-state index in [1.165, 1.54) is 19.4 Å². The number of carbonyl (C=O) groups excluding carboxylic acids is 7. The summed E-state index contributed by atoms with van der Waals surface area (Å²) in [5, 5.41) is 17.5. The van der Waals surface area contributed by atoms with Gasteiger partial charge in [-0.15, -0.1) is 0 Å². The topological polar surface area (TPSA) is 363 Å². The zero-order valence-corrected chi connectivity index (χ0v) is 40.6. The highest BCUT2D eigenvalue weighted by Crippen LogP contribution is 2.19. The number of H-pyrrole nitrogens is 2. The van der Waals surface area contributed by atoms with Crippen molar-refractivity contribution in [2.45, 2.75) is 76.0 Å². The van der Waals surface area contributed by atoms with Crippen molar-refractivity contribution in [1.29, 1.82) is 0 Å². The Bertz CT molecular complexity index is 2330. The van der Waals surface area contributed by atoms with Crippen LogP contribution in [0, 0.1) is 0 Å². The van der Waals surface area contributed by atoms with E-state index in [2.05, 4.69) is 51.8 Å². The molecule has 2 aromatic carbocycles. The van der Waals surface area contributed by atoms with Crippen molar-refractivity contribution in [2.24, 2.45) is 22.2 Å². The number of hydrogen-bond acceptors (Lipinski definition) is 13. The van der Waals surface area contributed by atoms with E-state index in [-0.39, 0.29) is 70.3 Å². The summed E-state index contributed by atoms with van der Waals surface area (Å²) < 4.78 is 21.6. The van der Waals surface area contributed by atoms with E-state index in [1.807, 2.05) is 30.3 Å². The van der Waals surface area contributed by atoms with E-state index in [4.69, 9.17) is 36.1 Å². The molecule has 0 saturated heterocycles. The van der Waals surface area contributed by atoms with Crippen molar-refractivity contribution in [2.75, 3.05) is 72.5 Å². The summed E-state index contributed by atoms with van der Waals surface area (Å²) in [6.07, 6.45) is 6.32. The molecule has 24 nitrogen and oxygen atoms in total. The van der Waals surface area contributed by atoms with Gasteiger partial charge >= 0.3 is 0 Å². The lowest BCUT2D eigenvalue weighted by Crippen LogP contribution is -2.59. The molecule has 24 heteroatoms. The molecule has 2 heterocycles. The number of primary amides is 1. The largest absolute Gasteiger partial charge is 0.379 e. The Kier molecular flexibility index (Phi) is 25.8. The van der Waals surface area contributed by atoms with Gasteiger partial charge < -0.3 is 78.0 Å². The van der Waals surface area contributed by atoms with Crippen LogP contribution in [0.25, 0.3) is 10.9 Å². The summed E-state index contributed by atoms with van der Waals surface area (Å²) in [6.45, 7) is 3.52. The average Bonchev–Trinajstić information content (AvgIpc) is 4.03. The van der Waals surface area contributed by atoms with Crippen LogP contribution in [0.2, 0.25) is 0 Å². The fourth-order valence-electron chi connectivity index (χ4n) is 7.20. The Balaban J connectivity index is 1.35. The molecule has 0 saturated carbocycles. The summed E-state index contributed by atoms with van der Waals surface area (Å²) in [7, 11) is 0. The van der Waals surface area contributed by atoms with Gasteiger partial charge in [-0.3, -0.25) is 38.6 Å². The van der Waals surface area contributed by atoms with Gasteiger partial charge in [-0.05, 0) is 42.9 Å². The van der Waals surface area contributed by atoms with Crippen molar-refractivity contribution in [3.63, 3.8) is 0 Å². The third kappa shape index (κ3) is 22.6. The van der Waals surface area contributed by atoms with Crippen molar-refractivity contribution in [1.82, 2.24) is 46.9 Å². The zero-order chi connectivity index (χ0) is 51.9. The van der Waals surface area contributed by atoms with Gasteiger partial charge in [-0.2, -0.15) is 0 Å². The van der Waals surface area contributed by atoms with Gasteiger partial charge in [0, 0.05) is 88.0 Å². The van der Waals surface area contributed by atoms with Crippen LogP contribution in [0.15, 0.2) is 78.3 Å². The molecule has 72 heavy (non-hydrogen) atoms. The molecule has 0 radical (unpaired) electrons. The molecule has 4 rings (SSSR count). The van der Waals surface area contributed by atoms with Crippen LogP contribution in [0.1, 0.15) is 49.4 Å². The Morgan fingerprint density at radius 1 is 0.625 bits per heavy atom. The molecule has 0 fully saturated rings. The molecule has 14 N–H and O–H groups in total. The first-order valence-electron chi connectivity index (χ1n) is 23.7. The number of aliphatic imine (C=N–C) groups is 1. The van der Waals surface area contributed by atoms with Gasteiger partial charge in [-0.1, -0.05) is 48.5 Å². The predicted octanol–water partition coefficient (Wildman–Crippen LogP) is -1.50. The number of aromatic nitrogens is 3. The summed E-state index contributed by atoms with van der Waals surface area (Å²) >= 11 is 0. The maximum Gasteiger partial charge on any atom is 0.246 e. The van der Waals surface area contributed by atoms with Crippen LogP contribution >= 0.6 is 0 Å². The Hall–Kier alpha value is -7.41. The number of nitrogens with zero attached hydrogens (tertiary/aromatic N) is 2. The predicted molar refractivity (Wildman–Crippen MR) is 265 cm³/mol. The second-order valence-corrected chi connectivity index (χ2v) is 16.6. The van der Waals surface area contributed by atoms with E-state index < -0.39 is 59.6 Å². The fourth-order valence-corrected chi connectivity index (χ4v) is 7.20. The van der Waals surface area contributed by atoms with Crippen LogP contribution in [0.3, 0.4) is 0 Å². The molecule has 2 aromatic heterocycles. The number of hydrogen-bond donors (Lipinski definition) is 11. The lowest BCUT2D eigenvalue weighted by atomic mass is 10.0. The molecule has 0 unspecified atom stereocenters. The second-order valence-electron chi connectivity index (χ2n) is 16.6. The van der Waals surface area contributed by atoms with Crippen LogP contribution in [0.5, 0.6) is 0 Å². The number of para-hydroxylation sites is 1. The SMILES string of the molecule is CC(=O)N[C@@H](Cc1cnc[nH]1)C(=O)N[C@H](Cc1ccccc1)C(=O)N[C@@H](CCCN=C(N)N)C(=O)N[C@@H](Cc1c[nH]c2ccccc12)C(=O)NCCCOCCOCCOCCCNC(=O)COCC(N)=O. The molecule has 0 bridgehead atoms. The van der Waals surface area contributed by atoms with E-state index in [1.54, 1.807) is 30.5 Å². The van der Waals surface area contributed by atoms with E-state index in [0.29, 0.717) is 64.7 Å². The summed E-state index contributed by atoms with van der Waals surface area (Å²) in [5.41, 5.74) is 19.0. The molecule has 392 valence electrons. The first kappa shape index (κ1) is 57.2. The minimum absolute atomic E-state index is 0.0424. The van der Waals surface area contributed by atoms with Crippen molar-refractivity contribution in [3.8, 4) is 0 Å². The summed E-state index contributed by atoms with van der Waals surface area (Å²) in [6, 6.07) is 12.0. The number of benzene rings is 2. The van der Waals surface area contributed by atoms with Gasteiger partial charge in [0.15, 0.2) is 5.96 Å². The highest BCUT2D eigenvalue weighted by Gasteiger charge is 2.32. The number of amides is 7. The summed E-state index contributed by atoms with van der Waals surface area (Å²) in [5.74, 6) is -4.05. The quantitative estimate of drug-likeness (QED) is 0.0140. The molecule has 4 atom stereocenters. The van der Waals surface area contributed by atoms with Crippen LogP contribution < -0.4 is 49.1 Å². The highest BCUT2D eigenvalue weighted by molar-refractivity contribution is 5.96. The van der Waals surface area contributed by atoms with E-state index >= 15 is 0 Å². The number of guanidine groups is 1. The van der Waals surface area contributed by atoms with Gasteiger partial charge in [-0.25, -0.2) is 4.98 Å². The molecule has 4 aromatic rings. The van der Waals surface area contributed by atoms with Crippen LogP contribution in [-0.4, -0.2) is 159 Å². The molecule has 0 aliphatic carbocycles. The van der Waals surface area contributed by atoms with Crippen LogP contribution in [0.4, 0.5) is 0 Å². The Morgan fingerprint density at radius 2 is 1.22 bits per heavy atom. The molecule has 0 aliphatic heterocycles. The van der Waals surface area contributed by atoms with E-state index in [0.717, 1.165) is 22.0 Å². The third-order valence-corrected chi connectivity index (χ3v) is 10.7. The first-order chi connectivity index (χ1) is 34.8. The van der Waals surface area contributed by atoms with Crippen molar-refractivity contribution >= 4 is 58.2 Å². The lowest BCUT2D eigenvalue weighted by molar-refractivity contribution is -0.134. The normalized spacial score (nSPS) is 12.7. The number of aromatic amines is 2. The van der Waals surface area contributed by atoms with Gasteiger partial charge in [0.25, 0.3) is 0 Å². The van der Waals surface area contributed by atoms with Gasteiger partial charge in [0.1, 0.15) is 37.4 Å². The average molecular weight is 1000 g/mol. The molecule has 0 aliphatic rings. The smallest absolute Gasteiger partial charge is 0.246 e. The molecule has 0 spiro atoms. The van der Waals surface area contributed by atoms with Gasteiger partial charge in [0.05, 0.1) is 32.8 Å². The number of rotatable bonds is 36. The first-order valence-corrected chi connectivity index (χ1v) is 23.7.